The SMILES string of the molecule is CCCNC(=O)C(C)N(Cc1ccc(Br)cc1)C(=O)CCCN(c1ccc(CC)cc1)S(C)(=O)=O. The molecule has 0 saturated heterocycles. The van der Waals surface area contributed by atoms with Crippen LogP contribution in [0.25, 0.3) is 0 Å². The summed E-state index contributed by atoms with van der Waals surface area (Å²) in [6.45, 7) is 6.75. The van der Waals surface area contributed by atoms with Gasteiger partial charge in [-0.3, -0.25) is 13.9 Å². The maximum absolute atomic E-state index is 13.3. The molecule has 0 aromatic heterocycles. The summed E-state index contributed by atoms with van der Waals surface area (Å²) in [7, 11) is -3.51. The second-order valence-electron chi connectivity index (χ2n) is 8.57. The number of halogens is 1. The molecule has 9 heteroatoms. The van der Waals surface area contributed by atoms with E-state index in [0.717, 1.165) is 28.4 Å². The smallest absolute Gasteiger partial charge is 0.242 e. The second kappa shape index (κ2) is 13.6. The van der Waals surface area contributed by atoms with E-state index in [2.05, 4.69) is 21.2 Å². The molecule has 2 rings (SSSR count). The number of nitrogens with zero attached hydrogens (tertiary/aromatic N) is 2. The first-order valence-electron chi connectivity index (χ1n) is 11.9. The second-order valence-corrected chi connectivity index (χ2v) is 11.4. The molecular weight excluding hydrogens is 530 g/mol. The zero-order chi connectivity index (χ0) is 26.0. The van der Waals surface area contributed by atoms with Gasteiger partial charge in [0.2, 0.25) is 21.8 Å². The first-order chi connectivity index (χ1) is 16.6. The summed E-state index contributed by atoms with van der Waals surface area (Å²) < 4.78 is 27.1. The van der Waals surface area contributed by atoms with Crippen LogP contribution < -0.4 is 9.62 Å². The largest absolute Gasteiger partial charge is 0.354 e. The highest BCUT2D eigenvalue weighted by Crippen LogP contribution is 2.20. The molecule has 0 heterocycles. The van der Waals surface area contributed by atoms with Crippen molar-refractivity contribution in [2.45, 2.75) is 59.0 Å². The molecule has 1 atom stereocenters. The molecule has 0 radical (unpaired) electrons. The van der Waals surface area contributed by atoms with Gasteiger partial charge in [0.1, 0.15) is 6.04 Å². The molecule has 0 aliphatic rings. The summed E-state index contributed by atoms with van der Waals surface area (Å²) in [5.74, 6) is -0.395. The fraction of sp³-hybridized carbons (Fsp3) is 0.462. The van der Waals surface area contributed by atoms with E-state index >= 15 is 0 Å². The topological polar surface area (TPSA) is 86.8 Å². The van der Waals surface area contributed by atoms with Crippen LogP contribution in [0.2, 0.25) is 0 Å². The Labute approximate surface area is 218 Å². The summed E-state index contributed by atoms with van der Waals surface area (Å²) in [4.78, 5) is 27.5. The average molecular weight is 567 g/mol. The molecule has 192 valence electrons. The Kier molecular flexibility index (Phi) is 11.2. The van der Waals surface area contributed by atoms with Crippen LogP contribution in [0.3, 0.4) is 0 Å². The van der Waals surface area contributed by atoms with Crippen LogP contribution in [0.1, 0.15) is 51.2 Å². The molecule has 2 aromatic rings. The van der Waals surface area contributed by atoms with Crippen LogP contribution in [0.4, 0.5) is 5.69 Å². The fourth-order valence-electron chi connectivity index (χ4n) is 3.67. The molecule has 7 nitrogen and oxygen atoms in total. The molecule has 2 aromatic carbocycles. The van der Waals surface area contributed by atoms with Gasteiger partial charge in [0, 0.05) is 30.5 Å². The van der Waals surface area contributed by atoms with Crippen LogP contribution in [-0.4, -0.2) is 50.5 Å². The van der Waals surface area contributed by atoms with Gasteiger partial charge in [-0.2, -0.15) is 0 Å². The van der Waals surface area contributed by atoms with Crippen molar-refractivity contribution >= 4 is 43.5 Å². The third-order valence-electron chi connectivity index (χ3n) is 5.77. The van der Waals surface area contributed by atoms with Crippen LogP contribution in [-0.2, 0) is 32.6 Å². The van der Waals surface area contributed by atoms with Crippen LogP contribution in [0, 0.1) is 0 Å². The first-order valence-corrected chi connectivity index (χ1v) is 14.6. The maximum atomic E-state index is 13.3. The number of anilines is 1. The van der Waals surface area contributed by atoms with Crippen molar-refractivity contribution in [3.63, 3.8) is 0 Å². The molecule has 0 bridgehead atoms. The number of amides is 2. The number of sulfonamides is 1. The van der Waals surface area contributed by atoms with Gasteiger partial charge in [-0.05, 0) is 61.6 Å². The summed E-state index contributed by atoms with van der Waals surface area (Å²) in [6.07, 6.45) is 3.30. The Hall–Kier alpha value is -2.39. The van der Waals surface area contributed by atoms with Gasteiger partial charge in [-0.25, -0.2) is 8.42 Å². The van der Waals surface area contributed by atoms with Gasteiger partial charge in [-0.15, -0.1) is 0 Å². The fourth-order valence-corrected chi connectivity index (χ4v) is 4.90. The van der Waals surface area contributed by atoms with E-state index in [1.54, 1.807) is 24.0 Å². The summed E-state index contributed by atoms with van der Waals surface area (Å²) in [5.41, 5.74) is 2.61. The van der Waals surface area contributed by atoms with Crippen LogP contribution in [0.15, 0.2) is 53.0 Å². The van der Waals surface area contributed by atoms with Crippen molar-refractivity contribution in [1.29, 1.82) is 0 Å². The van der Waals surface area contributed by atoms with Crippen LogP contribution in [0.5, 0.6) is 0 Å². The lowest BCUT2D eigenvalue weighted by Crippen LogP contribution is -2.47. The van der Waals surface area contributed by atoms with E-state index in [1.807, 2.05) is 50.2 Å². The highest BCUT2D eigenvalue weighted by Gasteiger charge is 2.26. The van der Waals surface area contributed by atoms with Crippen molar-refractivity contribution in [3.05, 3.63) is 64.1 Å². The standard InChI is InChI=1S/C26H36BrN3O4S/c1-5-17-28-26(32)20(3)29(19-22-9-13-23(27)14-10-22)25(31)8-7-18-30(35(4,33)34)24-15-11-21(6-2)12-16-24/h9-16,20H,5-8,17-19H2,1-4H3,(H,28,32). The number of carbonyl (C=O) groups excluding carboxylic acids is 2. The number of hydrogen-bond acceptors (Lipinski definition) is 4. The van der Waals surface area contributed by atoms with E-state index in [-0.39, 0.29) is 24.8 Å². The Morgan fingerprint density at radius 1 is 1.00 bits per heavy atom. The Balaban J connectivity index is 2.14. The summed E-state index contributed by atoms with van der Waals surface area (Å²) in [5, 5.41) is 2.86. The van der Waals surface area contributed by atoms with Gasteiger partial charge in [0.15, 0.2) is 0 Å². The van der Waals surface area contributed by atoms with Crippen molar-refractivity contribution in [2.75, 3.05) is 23.7 Å². The van der Waals surface area contributed by atoms with Gasteiger partial charge >= 0.3 is 0 Å². The van der Waals surface area contributed by atoms with E-state index in [4.69, 9.17) is 0 Å². The Morgan fingerprint density at radius 2 is 1.60 bits per heavy atom. The van der Waals surface area contributed by atoms with Gasteiger partial charge in [-0.1, -0.05) is 54.0 Å². The van der Waals surface area contributed by atoms with E-state index < -0.39 is 16.1 Å². The monoisotopic (exact) mass is 565 g/mol. The summed E-state index contributed by atoms with van der Waals surface area (Å²) in [6, 6.07) is 14.4. The molecule has 0 fully saturated rings. The molecule has 0 spiro atoms. The number of hydrogen-bond donors (Lipinski definition) is 1. The van der Waals surface area contributed by atoms with Crippen molar-refractivity contribution in [1.82, 2.24) is 10.2 Å². The third-order valence-corrected chi connectivity index (χ3v) is 7.49. The number of benzene rings is 2. The Morgan fingerprint density at radius 3 is 2.14 bits per heavy atom. The minimum atomic E-state index is -3.51. The van der Waals surface area contributed by atoms with Crippen molar-refractivity contribution in [3.8, 4) is 0 Å². The third kappa shape index (κ3) is 8.96. The first kappa shape index (κ1) is 28.8. The van der Waals surface area contributed by atoms with Gasteiger partial charge < -0.3 is 10.2 Å². The normalized spacial score (nSPS) is 12.1. The van der Waals surface area contributed by atoms with Crippen molar-refractivity contribution in [2.24, 2.45) is 0 Å². The predicted molar refractivity (Wildman–Crippen MR) is 145 cm³/mol. The molecular formula is C26H36BrN3O4S. The lowest BCUT2D eigenvalue weighted by atomic mass is 10.1. The lowest BCUT2D eigenvalue weighted by Gasteiger charge is -2.29. The van der Waals surface area contributed by atoms with E-state index in [9.17, 15) is 18.0 Å². The molecule has 0 saturated carbocycles. The minimum absolute atomic E-state index is 0.126. The quantitative estimate of drug-likeness (QED) is 0.387. The van der Waals surface area contributed by atoms with E-state index in [1.165, 1.54) is 10.6 Å². The Bertz CT molecular complexity index is 1070. The number of rotatable bonds is 13. The number of carbonyl (C=O) groups is 2. The van der Waals surface area contributed by atoms with Gasteiger partial charge in [0.25, 0.3) is 0 Å². The number of aryl methyl sites for hydroxylation is 1. The number of nitrogens with one attached hydrogen (secondary N) is 1. The van der Waals surface area contributed by atoms with E-state index in [0.29, 0.717) is 25.2 Å². The summed E-state index contributed by atoms with van der Waals surface area (Å²) >= 11 is 3.41. The zero-order valence-electron chi connectivity index (χ0n) is 21.0. The van der Waals surface area contributed by atoms with Crippen molar-refractivity contribution < 1.29 is 18.0 Å². The minimum Gasteiger partial charge on any atom is -0.354 e. The average Bonchev–Trinajstić information content (AvgIpc) is 2.83. The highest BCUT2D eigenvalue weighted by atomic mass is 79.9. The lowest BCUT2D eigenvalue weighted by molar-refractivity contribution is -0.140. The zero-order valence-corrected chi connectivity index (χ0v) is 23.4. The van der Waals surface area contributed by atoms with Gasteiger partial charge in [0.05, 0.1) is 11.9 Å². The van der Waals surface area contributed by atoms with Crippen LogP contribution >= 0.6 is 15.9 Å². The molecule has 1 unspecified atom stereocenters. The maximum Gasteiger partial charge on any atom is 0.242 e. The predicted octanol–water partition coefficient (Wildman–Crippen LogP) is 4.50. The molecule has 35 heavy (non-hydrogen) atoms. The highest BCUT2D eigenvalue weighted by molar-refractivity contribution is 9.10. The molecule has 1 N–H and O–H groups in total. The molecule has 0 aliphatic heterocycles. The molecule has 0 aliphatic carbocycles. The molecule has 2 amide bonds.